The molecule has 2 aromatic rings. The number of hydrogen-bond donors (Lipinski definition) is 0. The van der Waals surface area contributed by atoms with Gasteiger partial charge in [0, 0.05) is 32.4 Å². The Morgan fingerprint density at radius 3 is 2.35 bits per heavy atom. The molecule has 1 aromatic carbocycles. The van der Waals surface area contributed by atoms with Gasteiger partial charge >= 0.3 is 0 Å². The van der Waals surface area contributed by atoms with Gasteiger partial charge in [0.1, 0.15) is 11.4 Å². The van der Waals surface area contributed by atoms with E-state index in [1.165, 1.54) is 0 Å². The van der Waals surface area contributed by atoms with Crippen molar-refractivity contribution in [3.05, 3.63) is 42.2 Å². The summed E-state index contributed by atoms with van der Waals surface area (Å²) in [6, 6.07) is 9.78. The molecule has 1 heterocycles. The molecule has 0 aliphatic rings. The number of hydrogen-bond acceptors (Lipinski definition) is 2. The topological polar surface area (TPSA) is 34.5 Å². The van der Waals surface area contributed by atoms with Crippen LogP contribution in [0.25, 0.3) is 11.1 Å². The quantitative estimate of drug-likeness (QED) is 0.857. The minimum Gasteiger partial charge on any atom is -0.497 e. The molecule has 0 spiro atoms. The third kappa shape index (κ3) is 2.69. The monoisotopic (exact) mass is 272 g/mol. The summed E-state index contributed by atoms with van der Waals surface area (Å²) in [5, 5.41) is 0. The molecular weight excluding hydrogens is 252 g/mol. The Bertz CT molecular complexity index is 597. The highest BCUT2D eigenvalue weighted by Gasteiger charge is 2.15. The standard InChI is InChI=1S/C16H20N2O2/c1-5-18-11-13(10-15(18)16(19)17(2)3)12-6-8-14(20-4)9-7-12/h6-11H,5H2,1-4H3. The molecule has 4 heteroatoms. The van der Waals surface area contributed by atoms with Crippen molar-refractivity contribution in [2.45, 2.75) is 13.5 Å². The first-order valence-corrected chi connectivity index (χ1v) is 6.63. The minimum atomic E-state index is 0.0200. The van der Waals surface area contributed by atoms with Crippen molar-refractivity contribution >= 4 is 5.91 Å². The van der Waals surface area contributed by atoms with E-state index in [1.54, 1.807) is 26.1 Å². The van der Waals surface area contributed by atoms with Crippen LogP contribution < -0.4 is 4.74 Å². The predicted octanol–water partition coefficient (Wildman–Crippen LogP) is 2.89. The second-order valence-corrected chi connectivity index (χ2v) is 4.83. The van der Waals surface area contributed by atoms with Gasteiger partial charge in [0.15, 0.2) is 0 Å². The van der Waals surface area contributed by atoms with Gasteiger partial charge in [0.2, 0.25) is 0 Å². The number of rotatable bonds is 4. The molecule has 0 radical (unpaired) electrons. The van der Waals surface area contributed by atoms with Gasteiger partial charge < -0.3 is 14.2 Å². The molecule has 106 valence electrons. The number of ether oxygens (including phenoxy) is 1. The van der Waals surface area contributed by atoms with Crippen molar-refractivity contribution in [1.82, 2.24) is 9.47 Å². The molecule has 1 amide bonds. The van der Waals surface area contributed by atoms with Gasteiger partial charge in [-0.2, -0.15) is 0 Å². The van der Waals surface area contributed by atoms with Crippen molar-refractivity contribution in [1.29, 1.82) is 0 Å². The summed E-state index contributed by atoms with van der Waals surface area (Å²) >= 11 is 0. The molecule has 1 aromatic heterocycles. The number of aromatic nitrogens is 1. The average molecular weight is 272 g/mol. The molecule has 0 atom stereocenters. The molecule has 0 fully saturated rings. The van der Waals surface area contributed by atoms with Gasteiger partial charge in [-0.05, 0) is 30.7 Å². The summed E-state index contributed by atoms with van der Waals surface area (Å²) in [5.41, 5.74) is 2.83. The Balaban J connectivity index is 2.40. The summed E-state index contributed by atoms with van der Waals surface area (Å²) in [7, 11) is 5.18. The van der Waals surface area contributed by atoms with Gasteiger partial charge in [-0.25, -0.2) is 0 Å². The van der Waals surface area contributed by atoms with E-state index in [-0.39, 0.29) is 5.91 Å². The van der Waals surface area contributed by atoms with E-state index in [4.69, 9.17) is 4.74 Å². The molecule has 0 aliphatic carbocycles. The Morgan fingerprint density at radius 2 is 1.85 bits per heavy atom. The van der Waals surface area contributed by atoms with E-state index in [0.717, 1.165) is 23.4 Å². The van der Waals surface area contributed by atoms with Crippen LogP contribution in [-0.4, -0.2) is 36.6 Å². The lowest BCUT2D eigenvalue weighted by atomic mass is 10.1. The Hall–Kier alpha value is -2.23. The van der Waals surface area contributed by atoms with Gasteiger partial charge in [0.25, 0.3) is 5.91 Å². The zero-order valence-electron chi connectivity index (χ0n) is 12.4. The van der Waals surface area contributed by atoms with Crippen LogP contribution in [0.5, 0.6) is 5.75 Å². The van der Waals surface area contributed by atoms with Gasteiger partial charge in [-0.1, -0.05) is 12.1 Å². The molecule has 0 aliphatic heterocycles. The Labute approximate surface area is 119 Å². The summed E-state index contributed by atoms with van der Waals surface area (Å²) in [6.07, 6.45) is 2.01. The van der Waals surface area contributed by atoms with E-state index in [9.17, 15) is 4.79 Å². The second kappa shape index (κ2) is 5.82. The molecule has 0 bridgehead atoms. The Kier molecular flexibility index (Phi) is 4.13. The highest BCUT2D eigenvalue weighted by atomic mass is 16.5. The zero-order valence-corrected chi connectivity index (χ0v) is 12.4. The number of carbonyl (C=O) groups is 1. The summed E-state index contributed by atoms with van der Waals surface area (Å²) in [6.45, 7) is 2.80. The molecule has 0 unspecified atom stereocenters. The molecule has 0 saturated carbocycles. The lowest BCUT2D eigenvalue weighted by Crippen LogP contribution is -2.24. The van der Waals surface area contributed by atoms with Crippen molar-refractivity contribution in [3.63, 3.8) is 0 Å². The van der Waals surface area contributed by atoms with E-state index in [0.29, 0.717) is 5.69 Å². The summed E-state index contributed by atoms with van der Waals surface area (Å²) in [5.74, 6) is 0.847. The molecule has 0 saturated heterocycles. The maximum atomic E-state index is 12.2. The minimum absolute atomic E-state index is 0.0200. The largest absolute Gasteiger partial charge is 0.497 e. The summed E-state index contributed by atoms with van der Waals surface area (Å²) < 4.78 is 7.13. The third-order valence-electron chi connectivity index (χ3n) is 3.29. The fourth-order valence-electron chi connectivity index (χ4n) is 2.12. The maximum absolute atomic E-state index is 12.2. The van der Waals surface area contributed by atoms with Crippen LogP contribution in [0.2, 0.25) is 0 Å². The lowest BCUT2D eigenvalue weighted by Gasteiger charge is -2.11. The van der Waals surface area contributed by atoms with Gasteiger partial charge in [-0.15, -0.1) is 0 Å². The Morgan fingerprint density at radius 1 is 1.20 bits per heavy atom. The molecule has 2 rings (SSSR count). The van der Waals surface area contributed by atoms with Crippen LogP contribution in [0.15, 0.2) is 36.5 Å². The lowest BCUT2D eigenvalue weighted by molar-refractivity contribution is 0.0817. The van der Waals surface area contributed by atoms with Crippen LogP contribution in [0.3, 0.4) is 0 Å². The highest BCUT2D eigenvalue weighted by Crippen LogP contribution is 2.25. The highest BCUT2D eigenvalue weighted by molar-refractivity contribution is 5.94. The first-order valence-electron chi connectivity index (χ1n) is 6.63. The predicted molar refractivity (Wildman–Crippen MR) is 80.1 cm³/mol. The first-order chi connectivity index (χ1) is 9.56. The van der Waals surface area contributed by atoms with E-state index in [1.807, 2.05) is 48.0 Å². The normalized spacial score (nSPS) is 10.4. The molecule has 4 nitrogen and oxygen atoms in total. The average Bonchev–Trinajstić information content (AvgIpc) is 2.90. The van der Waals surface area contributed by atoms with E-state index < -0.39 is 0 Å². The molecular formula is C16H20N2O2. The van der Waals surface area contributed by atoms with Crippen LogP contribution >= 0.6 is 0 Å². The number of benzene rings is 1. The van der Waals surface area contributed by atoms with Crippen LogP contribution in [-0.2, 0) is 6.54 Å². The van der Waals surface area contributed by atoms with Crippen molar-refractivity contribution in [2.24, 2.45) is 0 Å². The molecule has 20 heavy (non-hydrogen) atoms. The molecule has 0 N–H and O–H groups in total. The maximum Gasteiger partial charge on any atom is 0.269 e. The fourth-order valence-corrected chi connectivity index (χ4v) is 2.12. The van der Waals surface area contributed by atoms with Crippen molar-refractivity contribution in [3.8, 4) is 16.9 Å². The SMILES string of the molecule is CCn1cc(-c2ccc(OC)cc2)cc1C(=O)N(C)C. The van der Waals surface area contributed by atoms with E-state index in [2.05, 4.69) is 0 Å². The third-order valence-corrected chi connectivity index (χ3v) is 3.29. The number of aryl methyl sites for hydroxylation is 1. The second-order valence-electron chi connectivity index (χ2n) is 4.83. The summed E-state index contributed by atoms with van der Waals surface area (Å²) in [4.78, 5) is 13.8. The van der Waals surface area contributed by atoms with Gasteiger partial charge in [0.05, 0.1) is 7.11 Å². The van der Waals surface area contributed by atoms with Crippen LogP contribution in [0.4, 0.5) is 0 Å². The first kappa shape index (κ1) is 14.2. The zero-order chi connectivity index (χ0) is 14.7. The van der Waals surface area contributed by atoms with Crippen molar-refractivity contribution in [2.75, 3.05) is 21.2 Å². The van der Waals surface area contributed by atoms with E-state index >= 15 is 0 Å². The van der Waals surface area contributed by atoms with Crippen LogP contribution in [0.1, 0.15) is 17.4 Å². The van der Waals surface area contributed by atoms with Crippen LogP contribution in [0, 0.1) is 0 Å². The fraction of sp³-hybridized carbons (Fsp3) is 0.312. The van der Waals surface area contributed by atoms with Gasteiger partial charge in [-0.3, -0.25) is 4.79 Å². The number of nitrogens with zero attached hydrogens (tertiary/aromatic N) is 2. The number of methoxy groups -OCH3 is 1. The smallest absolute Gasteiger partial charge is 0.269 e. The number of amides is 1. The number of carbonyl (C=O) groups excluding carboxylic acids is 1. The van der Waals surface area contributed by atoms with Crippen molar-refractivity contribution < 1.29 is 9.53 Å².